The number of fused-ring (bicyclic) bond motifs is 1. The highest BCUT2D eigenvalue weighted by atomic mass is 16.5. The molecule has 4 rings (SSSR count). The summed E-state index contributed by atoms with van der Waals surface area (Å²) in [6, 6.07) is 27.7. The molecule has 0 aliphatic heterocycles. The van der Waals surface area contributed by atoms with Crippen LogP contribution < -0.4 is 4.74 Å². The van der Waals surface area contributed by atoms with E-state index in [4.69, 9.17) is 4.74 Å². The molecule has 0 aliphatic rings. The minimum atomic E-state index is -0.394. The summed E-state index contributed by atoms with van der Waals surface area (Å²) in [5.74, 6) is 0.282. The number of unbranched alkanes of at least 4 members (excludes halogenated alkanes) is 9. The fraction of sp³-hybridized carbons (Fsp3) is 0.415. The van der Waals surface area contributed by atoms with Crippen LogP contribution in [0.25, 0.3) is 21.9 Å². The molecular weight excluding hydrogens is 540 g/mol. The molecule has 0 aliphatic carbocycles. The lowest BCUT2D eigenvalue weighted by molar-refractivity contribution is 0.0736. The molecule has 0 fully saturated rings. The molecule has 0 heterocycles. The van der Waals surface area contributed by atoms with Crippen molar-refractivity contribution in [1.29, 1.82) is 0 Å². The van der Waals surface area contributed by atoms with E-state index in [-0.39, 0.29) is 11.7 Å². The highest BCUT2D eigenvalue weighted by Gasteiger charge is 2.17. The Morgan fingerprint density at radius 3 is 1.91 bits per heavy atom. The zero-order valence-corrected chi connectivity index (χ0v) is 27.1. The molecule has 0 aromatic heterocycles. The zero-order valence-electron chi connectivity index (χ0n) is 27.1. The molecule has 0 saturated carbocycles. The Kier molecular flexibility index (Phi) is 13.2. The first kappa shape index (κ1) is 33.2. The fourth-order valence-electron chi connectivity index (χ4n) is 5.90. The minimum Gasteiger partial charge on any atom is -0.422 e. The first-order chi connectivity index (χ1) is 21.5. The van der Waals surface area contributed by atoms with Gasteiger partial charge in [-0.25, -0.2) is 4.79 Å². The molecule has 3 heteroatoms. The predicted molar refractivity (Wildman–Crippen MR) is 185 cm³/mol. The van der Waals surface area contributed by atoms with E-state index in [2.05, 4.69) is 38.1 Å². The first-order valence-electron chi connectivity index (χ1n) is 17.0. The average Bonchev–Trinajstić information content (AvgIpc) is 3.06. The van der Waals surface area contributed by atoms with Crippen LogP contribution in [0, 0.1) is 5.92 Å². The van der Waals surface area contributed by atoms with Crippen LogP contribution >= 0.6 is 0 Å². The second-order valence-electron chi connectivity index (χ2n) is 12.3. The second-order valence-corrected chi connectivity index (χ2v) is 12.3. The molecule has 1 unspecified atom stereocenters. The number of esters is 1. The largest absolute Gasteiger partial charge is 0.422 e. The summed E-state index contributed by atoms with van der Waals surface area (Å²) < 4.78 is 5.85. The summed E-state index contributed by atoms with van der Waals surface area (Å²) in [7, 11) is 0. The van der Waals surface area contributed by atoms with Gasteiger partial charge in [0.15, 0.2) is 5.78 Å². The van der Waals surface area contributed by atoms with E-state index in [9.17, 15) is 9.59 Å². The maximum Gasteiger partial charge on any atom is 0.343 e. The van der Waals surface area contributed by atoms with Gasteiger partial charge in [-0.1, -0.05) is 140 Å². The molecule has 0 saturated heterocycles. The van der Waals surface area contributed by atoms with Gasteiger partial charge < -0.3 is 4.74 Å². The molecule has 0 spiro atoms. The molecule has 3 nitrogen and oxygen atoms in total. The molecule has 0 bridgehead atoms. The topological polar surface area (TPSA) is 43.4 Å². The van der Waals surface area contributed by atoms with Crippen molar-refractivity contribution in [3.05, 3.63) is 102 Å². The van der Waals surface area contributed by atoms with Gasteiger partial charge in [0.05, 0.1) is 5.56 Å². The minimum absolute atomic E-state index is 0.00105. The van der Waals surface area contributed by atoms with E-state index in [1.807, 2.05) is 61.5 Å². The van der Waals surface area contributed by atoms with Crippen molar-refractivity contribution >= 4 is 22.5 Å². The molecule has 0 amide bonds. The van der Waals surface area contributed by atoms with E-state index in [1.54, 1.807) is 6.07 Å². The summed E-state index contributed by atoms with van der Waals surface area (Å²) >= 11 is 0. The molecule has 4 aromatic rings. The Morgan fingerprint density at radius 1 is 0.636 bits per heavy atom. The van der Waals surface area contributed by atoms with E-state index in [0.29, 0.717) is 16.9 Å². The molecule has 4 aromatic carbocycles. The third-order valence-corrected chi connectivity index (χ3v) is 8.74. The van der Waals surface area contributed by atoms with Crippen LogP contribution in [0.4, 0.5) is 0 Å². The quantitative estimate of drug-likeness (QED) is 0.0501. The third kappa shape index (κ3) is 9.64. The second kappa shape index (κ2) is 17.5. The lowest BCUT2D eigenvalue weighted by Gasteiger charge is -2.12. The van der Waals surface area contributed by atoms with E-state index >= 15 is 0 Å². The summed E-state index contributed by atoms with van der Waals surface area (Å²) in [5.41, 5.74) is 4.82. The molecule has 44 heavy (non-hydrogen) atoms. The summed E-state index contributed by atoms with van der Waals surface area (Å²) in [6.07, 6.45) is 16.0. The summed E-state index contributed by atoms with van der Waals surface area (Å²) in [5, 5.41) is 1.71. The smallest absolute Gasteiger partial charge is 0.343 e. The van der Waals surface area contributed by atoms with Gasteiger partial charge in [0.25, 0.3) is 0 Å². The van der Waals surface area contributed by atoms with Gasteiger partial charge >= 0.3 is 5.97 Å². The van der Waals surface area contributed by atoms with Gasteiger partial charge in [0.1, 0.15) is 5.75 Å². The van der Waals surface area contributed by atoms with Crippen molar-refractivity contribution < 1.29 is 14.3 Å². The number of aryl methyl sites for hydroxylation is 1. The molecular formula is C41H50O3. The Labute approximate surface area is 265 Å². The summed E-state index contributed by atoms with van der Waals surface area (Å²) in [4.78, 5) is 26.1. The van der Waals surface area contributed by atoms with E-state index < -0.39 is 5.97 Å². The normalized spacial score (nSPS) is 11.9. The van der Waals surface area contributed by atoms with Crippen molar-refractivity contribution in [2.75, 3.05) is 0 Å². The number of benzene rings is 4. The van der Waals surface area contributed by atoms with Gasteiger partial charge in [0, 0.05) is 16.9 Å². The summed E-state index contributed by atoms with van der Waals surface area (Å²) in [6.45, 7) is 6.48. The zero-order chi connectivity index (χ0) is 31.1. The number of carbonyl (C=O) groups is 2. The highest BCUT2D eigenvalue weighted by molar-refractivity contribution is 6.03. The van der Waals surface area contributed by atoms with Crippen molar-refractivity contribution in [1.82, 2.24) is 0 Å². The van der Waals surface area contributed by atoms with Crippen LogP contribution in [0.2, 0.25) is 0 Å². The third-order valence-electron chi connectivity index (χ3n) is 8.74. The Balaban J connectivity index is 1.33. The predicted octanol–water partition coefficient (Wildman–Crippen LogP) is 11.8. The number of hydrogen-bond donors (Lipinski definition) is 0. The van der Waals surface area contributed by atoms with Crippen LogP contribution in [-0.4, -0.2) is 11.8 Å². The van der Waals surface area contributed by atoms with Crippen LogP contribution in [0.3, 0.4) is 0 Å². The van der Waals surface area contributed by atoms with Gasteiger partial charge in [-0.2, -0.15) is 0 Å². The van der Waals surface area contributed by atoms with E-state index in [1.165, 1.54) is 69.8 Å². The fourth-order valence-corrected chi connectivity index (χ4v) is 5.90. The monoisotopic (exact) mass is 590 g/mol. The molecule has 1 atom stereocenters. The lowest BCUT2D eigenvalue weighted by atomic mass is 9.92. The van der Waals surface area contributed by atoms with Crippen LogP contribution in [0.15, 0.2) is 84.9 Å². The van der Waals surface area contributed by atoms with Gasteiger partial charge in [-0.05, 0) is 71.7 Å². The Hall–Kier alpha value is -3.72. The van der Waals surface area contributed by atoms with Gasteiger partial charge in [-0.3, -0.25) is 4.79 Å². The Morgan fingerprint density at radius 2 is 1.23 bits per heavy atom. The molecule has 0 radical (unpaired) electrons. The molecule has 0 N–H and O–H groups in total. The van der Waals surface area contributed by atoms with Gasteiger partial charge in [-0.15, -0.1) is 0 Å². The van der Waals surface area contributed by atoms with Crippen molar-refractivity contribution in [2.45, 2.75) is 104 Å². The average molecular weight is 591 g/mol. The standard InChI is InChI=1S/C41H50O3/c1-4-6-8-10-11-12-14-17-32-20-22-33(23-21-32)34-24-26-35(27-25-34)41(43)44-39-19-15-18-36-30-37(28-29-38(36)39)40(42)31(3)16-13-9-7-5-2/h15,18-31H,4-14,16-17H2,1-3H3. The number of Topliss-reactive ketones (excluding diaryl/α,β-unsaturated/α-hetero) is 1. The number of hydrogen-bond acceptors (Lipinski definition) is 3. The number of ether oxygens (including phenoxy) is 1. The number of carbonyl (C=O) groups excluding carboxylic acids is 2. The van der Waals surface area contributed by atoms with Crippen molar-refractivity contribution in [2.24, 2.45) is 5.92 Å². The van der Waals surface area contributed by atoms with Crippen molar-refractivity contribution in [3.63, 3.8) is 0 Å². The van der Waals surface area contributed by atoms with Gasteiger partial charge in [0.2, 0.25) is 0 Å². The van der Waals surface area contributed by atoms with E-state index in [0.717, 1.165) is 41.2 Å². The lowest BCUT2D eigenvalue weighted by Crippen LogP contribution is -2.11. The highest BCUT2D eigenvalue weighted by Crippen LogP contribution is 2.29. The Bertz CT molecular complexity index is 1470. The maximum atomic E-state index is 13.1. The first-order valence-corrected chi connectivity index (χ1v) is 17.0. The number of rotatable bonds is 18. The van der Waals surface area contributed by atoms with Crippen LogP contribution in [0.5, 0.6) is 5.75 Å². The SMILES string of the molecule is CCCCCCCCCc1ccc(-c2ccc(C(=O)Oc3cccc4cc(C(=O)C(C)CCCCCC)ccc34)cc2)cc1. The van der Waals surface area contributed by atoms with Crippen LogP contribution in [-0.2, 0) is 6.42 Å². The molecule has 232 valence electrons. The maximum absolute atomic E-state index is 13.1. The van der Waals surface area contributed by atoms with Crippen molar-refractivity contribution in [3.8, 4) is 16.9 Å². The number of ketones is 1. The van der Waals surface area contributed by atoms with Crippen LogP contribution in [0.1, 0.15) is 124 Å².